The Kier molecular flexibility index (Phi) is 6.34. The van der Waals surface area contributed by atoms with Gasteiger partial charge in [0.25, 0.3) is 0 Å². The summed E-state index contributed by atoms with van der Waals surface area (Å²) in [4.78, 5) is 4.95. The van der Waals surface area contributed by atoms with Crippen LogP contribution in [0.15, 0.2) is 18.2 Å². The Labute approximate surface area is 134 Å². The van der Waals surface area contributed by atoms with E-state index < -0.39 is 0 Å². The van der Waals surface area contributed by atoms with Gasteiger partial charge in [-0.1, -0.05) is 24.6 Å². The van der Waals surface area contributed by atoms with Gasteiger partial charge in [-0.25, -0.2) is 0 Å². The summed E-state index contributed by atoms with van der Waals surface area (Å²) in [5.41, 5.74) is 2.54. The Bertz CT molecular complexity index is 450. The Balaban J connectivity index is 2.22. The summed E-state index contributed by atoms with van der Waals surface area (Å²) >= 11 is 6.47. The number of rotatable bonds is 5. The summed E-state index contributed by atoms with van der Waals surface area (Å²) in [5.74, 6) is 0. The summed E-state index contributed by atoms with van der Waals surface area (Å²) in [6.45, 7) is 9.76. The molecule has 0 spiro atoms. The zero-order valence-corrected chi connectivity index (χ0v) is 14.3. The maximum atomic E-state index is 6.47. The second-order valence-electron chi connectivity index (χ2n) is 6.07. The van der Waals surface area contributed by atoms with Gasteiger partial charge in [-0.05, 0) is 52.0 Å². The molecule has 0 saturated carbocycles. The molecule has 1 aliphatic rings. The lowest BCUT2D eigenvalue weighted by atomic mass is 10.1. The number of hydrogen-bond acceptors (Lipinski definition) is 3. The van der Waals surface area contributed by atoms with Crippen LogP contribution in [-0.4, -0.2) is 44.2 Å². The summed E-state index contributed by atoms with van der Waals surface area (Å²) in [5, 5.41) is 4.37. The van der Waals surface area contributed by atoms with Gasteiger partial charge in [0.15, 0.2) is 0 Å². The largest absolute Gasteiger partial charge is 0.367 e. The van der Waals surface area contributed by atoms with E-state index in [1.165, 1.54) is 24.2 Å². The number of hydrogen-bond donors (Lipinski definition) is 1. The molecule has 1 saturated heterocycles. The number of benzene rings is 1. The van der Waals surface area contributed by atoms with Gasteiger partial charge in [0.1, 0.15) is 0 Å². The first-order chi connectivity index (χ1) is 10.1. The lowest BCUT2D eigenvalue weighted by Crippen LogP contribution is -2.38. The molecule has 1 aliphatic heterocycles. The van der Waals surface area contributed by atoms with Crippen LogP contribution in [0, 0.1) is 0 Å². The van der Waals surface area contributed by atoms with Gasteiger partial charge in [0, 0.05) is 41.9 Å². The molecule has 0 aromatic heterocycles. The molecule has 1 fully saturated rings. The molecule has 0 radical (unpaired) electrons. The molecule has 1 atom stereocenters. The van der Waals surface area contributed by atoms with Crippen molar-refractivity contribution in [2.24, 2.45) is 0 Å². The molecule has 1 aromatic rings. The van der Waals surface area contributed by atoms with Crippen molar-refractivity contribution >= 4 is 17.3 Å². The molecule has 21 heavy (non-hydrogen) atoms. The van der Waals surface area contributed by atoms with Gasteiger partial charge in [0.05, 0.1) is 0 Å². The standard InChI is InChI=1S/C17H28ClN3/c1-4-9-19-12-15-16(18)7-5-8-17(15)21-11-6-10-20(3)13-14(21)2/h5,7-8,14,19H,4,6,9-13H2,1-3H3. The van der Waals surface area contributed by atoms with Crippen molar-refractivity contribution in [1.82, 2.24) is 10.2 Å². The highest BCUT2D eigenvalue weighted by Gasteiger charge is 2.22. The first-order valence-electron chi connectivity index (χ1n) is 8.06. The van der Waals surface area contributed by atoms with Crippen LogP contribution >= 0.6 is 11.6 Å². The van der Waals surface area contributed by atoms with Crippen molar-refractivity contribution in [3.8, 4) is 0 Å². The minimum atomic E-state index is 0.515. The van der Waals surface area contributed by atoms with Gasteiger partial charge in [-0.3, -0.25) is 0 Å². The van der Waals surface area contributed by atoms with E-state index in [4.69, 9.17) is 11.6 Å². The molecule has 0 amide bonds. The van der Waals surface area contributed by atoms with Crippen LogP contribution < -0.4 is 10.2 Å². The molecular weight excluding hydrogens is 282 g/mol. The Hall–Kier alpha value is -0.770. The van der Waals surface area contributed by atoms with E-state index in [0.717, 1.165) is 37.6 Å². The number of likely N-dealkylation sites (N-methyl/N-ethyl adjacent to an activating group) is 1. The fourth-order valence-electron chi connectivity index (χ4n) is 3.11. The minimum absolute atomic E-state index is 0.515. The van der Waals surface area contributed by atoms with Gasteiger partial charge in [-0.15, -0.1) is 0 Å². The number of nitrogens with zero attached hydrogens (tertiary/aromatic N) is 2. The molecule has 4 heteroatoms. The third kappa shape index (κ3) is 4.35. The van der Waals surface area contributed by atoms with E-state index in [9.17, 15) is 0 Å². The normalized spacial score (nSPS) is 20.6. The lowest BCUT2D eigenvalue weighted by molar-refractivity contribution is 0.337. The molecule has 3 nitrogen and oxygen atoms in total. The second kappa shape index (κ2) is 8.02. The number of nitrogens with one attached hydrogen (secondary N) is 1. The highest BCUT2D eigenvalue weighted by atomic mass is 35.5. The van der Waals surface area contributed by atoms with E-state index in [1.54, 1.807) is 0 Å². The predicted molar refractivity (Wildman–Crippen MR) is 92.4 cm³/mol. The molecule has 0 bridgehead atoms. The Morgan fingerprint density at radius 2 is 2.14 bits per heavy atom. The van der Waals surface area contributed by atoms with Crippen LogP contribution in [0.3, 0.4) is 0 Å². The van der Waals surface area contributed by atoms with Gasteiger partial charge < -0.3 is 15.1 Å². The van der Waals surface area contributed by atoms with E-state index in [2.05, 4.69) is 48.1 Å². The second-order valence-corrected chi connectivity index (χ2v) is 6.48. The van der Waals surface area contributed by atoms with Crippen LogP contribution in [0.4, 0.5) is 5.69 Å². The summed E-state index contributed by atoms with van der Waals surface area (Å²) in [7, 11) is 2.21. The van der Waals surface area contributed by atoms with Crippen molar-refractivity contribution < 1.29 is 0 Å². The maximum absolute atomic E-state index is 6.47. The van der Waals surface area contributed by atoms with Crippen LogP contribution in [0.1, 0.15) is 32.3 Å². The van der Waals surface area contributed by atoms with Crippen LogP contribution in [0.5, 0.6) is 0 Å². The highest BCUT2D eigenvalue weighted by Crippen LogP contribution is 2.30. The van der Waals surface area contributed by atoms with Crippen molar-refractivity contribution in [1.29, 1.82) is 0 Å². The first-order valence-corrected chi connectivity index (χ1v) is 8.44. The van der Waals surface area contributed by atoms with Crippen molar-refractivity contribution in [3.63, 3.8) is 0 Å². The number of halogens is 1. The fourth-order valence-corrected chi connectivity index (χ4v) is 3.35. The maximum Gasteiger partial charge on any atom is 0.0471 e. The lowest BCUT2D eigenvalue weighted by Gasteiger charge is -2.32. The van der Waals surface area contributed by atoms with Crippen LogP contribution in [0.25, 0.3) is 0 Å². The molecule has 118 valence electrons. The van der Waals surface area contributed by atoms with Crippen molar-refractivity contribution in [2.75, 3.05) is 38.1 Å². The van der Waals surface area contributed by atoms with Gasteiger partial charge in [0.2, 0.25) is 0 Å². The summed E-state index contributed by atoms with van der Waals surface area (Å²) in [6.07, 6.45) is 2.35. The van der Waals surface area contributed by atoms with Crippen LogP contribution in [-0.2, 0) is 6.54 Å². The van der Waals surface area contributed by atoms with Crippen LogP contribution in [0.2, 0.25) is 5.02 Å². The monoisotopic (exact) mass is 309 g/mol. The third-order valence-corrected chi connectivity index (χ3v) is 4.53. The van der Waals surface area contributed by atoms with E-state index >= 15 is 0 Å². The van der Waals surface area contributed by atoms with Crippen molar-refractivity contribution in [2.45, 2.75) is 39.3 Å². The minimum Gasteiger partial charge on any atom is -0.367 e. The Morgan fingerprint density at radius 1 is 1.33 bits per heavy atom. The molecular formula is C17H28ClN3. The van der Waals surface area contributed by atoms with Gasteiger partial charge in [-0.2, -0.15) is 0 Å². The third-order valence-electron chi connectivity index (χ3n) is 4.18. The van der Waals surface area contributed by atoms with Gasteiger partial charge >= 0.3 is 0 Å². The molecule has 0 aliphatic carbocycles. The van der Waals surface area contributed by atoms with Crippen molar-refractivity contribution in [3.05, 3.63) is 28.8 Å². The van der Waals surface area contributed by atoms with E-state index in [1.807, 2.05) is 6.07 Å². The molecule has 1 N–H and O–H groups in total. The van der Waals surface area contributed by atoms with E-state index in [0.29, 0.717) is 6.04 Å². The average Bonchev–Trinajstić information content (AvgIpc) is 2.61. The zero-order valence-electron chi connectivity index (χ0n) is 13.5. The molecule has 1 unspecified atom stereocenters. The number of anilines is 1. The molecule has 1 heterocycles. The smallest absolute Gasteiger partial charge is 0.0471 e. The fraction of sp³-hybridized carbons (Fsp3) is 0.647. The SMILES string of the molecule is CCCNCc1c(Cl)cccc1N1CCCN(C)CC1C. The first kappa shape index (κ1) is 16.6. The summed E-state index contributed by atoms with van der Waals surface area (Å²) < 4.78 is 0. The quantitative estimate of drug-likeness (QED) is 0.841. The highest BCUT2D eigenvalue weighted by molar-refractivity contribution is 6.31. The zero-order chi connectivity index (χ0) is 15.2. The molecule has 1 aromatic carbocycles. The Morgan fingerprint density at radius 3 is 2.90 bits per heavy atom. The average molecular weight is 310 g/mol. The molecule has 2 rings (SSSR count). The topological polar surface area (TPSA) is 18.5 Å². The predicted octanol–water partition coefficient (Wildman–Crippen LogP) is 3.37. The summed E-state index contributed by atoms with van der Waals surface area (Å²) in [6, 6.07) is 6.81. The van der Waals surface area contributed by atoms with E-state index in [-0.39, 0.29) is 0 Å².